The van der Waals surface area contributed by atoms with Crippen LogP contribution in [-0.4, -0.2) is 10.7 Å². The molecule has 2 N–H and O–H groups in total. The number of benzene rings is 1. The van der Waals surface area contributed by atoms with Crippen molar-refractivity contribution in [2.45, 2.75) is 17.0 Å². The third kappa shape index (κ3) is 3.57. The Morgan fingerprint density at radius 1 is 1.16 bits per heavy atom. The van der Waals surface area contributed by atoms with Gasteiger partial charge in [-0.05, 0) is 24.1 Å². The smallest absolute Gasteiger partial charge is 0.130 e. The standard InChI is InChI=1S/C15H15N3S/c16-12-15(17,13-6-2-1-3-7-13)9-11-19-14-8-4-5-10-18-14/h1-8,10H,9,11,17H2. The van der Waals surface area contributed by atoms with Crippen molar-refractivity contribution in [2.24, 2.45) is 5.73 Å². The van der Waals surface area contributed by atoms with Gasteiger partial charge in [-0.2, -0.15) is 5.26 Å². The van der Waals surface area contributed by atoms with Crippen molar-refractivity contribution in [3.63, 3.8) is 0 Å². The number of rotatable bonds is 5. The van der Waals surface area contributed by atoms with Gasteiger partial charge in [0.05, 0.1) is 11.1 Å². The summed E-state index contributed by atoms with van der Waals surface area (Å²) in [5.41, 5.74) is 6.12. The van der Waals surface area contributed by atoms with E-state index in [9.17, 15) is 5.26 Å². The first-order valence-electron chi connectivity index (χ1n) is 6.04. The Morgan fingerprint density at radius 3 is 2.53 bits per heavy atom. The Labute approximate surface area is 117 Å². The molecule has 0 saturated carbocycles. The minimum Gasteiger partial charge on any atom is -0.310 e. The zero-order valence-corrected chi connectivity index (χ0v) is 11.3. The summed E-state index contributed by atoms with van der Waals surface area (Å²) in [6.07, 6.45) is 2.36. The SMILES string of the molecule is N#CC(N)(CCSc1ccccn1)c1ccccc1. The molecular formula is C15H15N3S. The Hall–Kier alpha value is -1.83. The molecule has 19 heavy (non-hydrogen) atoms. The number of pyridine rings is 1. The average Bonchev–Trinajstić information content (AvgIpc) is 2.49. The molecule has 3 nitrogen and oxygen atoms in total. The lowest BCUT2D eigenvalue weighted by Gasteiger charge is -2.21. The van der Waals surface area contributed by atoms with Crippen LogP contribution in [0, 0.1) is 11.3 Å². The van der Waals surface area contributed by atoms with Crippen LogP contribution in [0.15, 0.2) is 59.8 Å². The summed E-state index contributed by atoms with van der Waals surface area (Å²) in [7, 11) is 0. The fourth-order valence-electron chi connectivity index (χ4n) is 1.75. The van der Waals surface area contributed by atoms with Crippen molar-refractivity contribution in [3.05, 3.63) is 60.3 Å². The number of thioether (sulfide) groups is 1. The van der Waals surface area contributed by atoms with E-state index in [2.05, 4.69) is 11.1 Å². The largest absolute Gasteiger partial charge is 0.310 e. The molecule has 0 radical (unpaired) electrons. The van der Waals surface area contributed by atoms with E-state index in [1.54, 1.807) is 18.0 Å². The van der Waals surface area contributed by atoms with E-state index in [0.717, 1.165) is 16.3 Å². The van der Waals surface area contributed by atoms with Crippen LogP contribution < -0.4 is 5.73 Å². The molecule has 1 aromatic carbocycles. The molecule has 4 heteroatoms. The second-order valence-corrected chi connectivity index (χ2v) is 5.33. The van der Waals surface area contributed by atoms with Gasteiger partial charge in [0.15, 0.2) is 0 Å². The average molecular weight is 269 g/mol. The van der Waals surface area contributed by atoms with Crippen molar-refractivity contribution >= 4 is 11.8 Å². The maximum absolute atomic E-state index is 9.34. The van der Waals surface area contributed by atoms with Crippen LogP contribution in [0.25, 0.3) is 0 Å². The maximum Gasteiger partial charge on any atom is 0.130 e. The van der Waals surface area contributed by atoms with E-state index in [1.807, 2.05) is 48.5 Å². The summed E-state index contributed by atoms with van der Waals surface area (Å²) in [6, 6.07) is 17.5. The van der Waals surface area contributed by atoms with E-state index in [4.69, 9.17) is 5.73 Å². The van der Waals surface area contributed by atoms with Gasteiger partial charge in [-0.3, -0.25) is 0 Å². The molecule has 1 atom stereocenters. The number of nitrogens with zero attached hydrogens (tertiary/aromatic N) is 2. The van der Waals surface area contributed by atoms with Crippen molar-refractivity contribution < 1.29 is 0 Å². The summed E-state index contributed by atoms with van der Waals surface area (Å²) in [5.74, 6) is 0.760. The lowest BCUT2D eigenvalue weighted by atomic mass is 9.90. The second kappa shape index (κ2) is 6.37. The highest BCUT2D eigenvalue weighted by molar-refractivity contribution is 7.99. The number of nitrogens with two attached hydrogens (primary N) is 1. The number of hydrogen-bond donors (Lipinski definition) is 1. The minimum absolute atomic E-state index is 0.592. The number of aromatic nitrogens is 1. The lowest BCUT2D eigenvalue weighted by molar-refractivity contribution is 0.560. The Balaban J connectivity index is 1.99. The highest BCUT2D eigenvalue weighted by Crippen LogP contribution is 2.25. The molecule has 1 unspecified atom stereocenters. The summed E-state index contributed by atoms with van der Waals surface area (Å²) in [4.78, 5) is 4.24. The highest BCUT2D eigenvalue weighted by Gasteiger charge is 2.26. The third-order valence-corrected chi connectivity index (χ3v) is 3.82. The lowest BCUT2D eigenvalue weighted by Crippen LogP contribution is -2.35. The Bertz CT molecular complexity index is 551. The molecule has 0 saturated heterocycles. The Morgan fingerprint density at radius 2 is 1.89 bits per heavy atom. The quantitative estimate of drug-likeness (QED) is 0.848. The molecule has 0 aliphatic rings. The predicted octanol–water partition coefficient (Wildman–Crippen LogP) is 2.94. The van der Waals surface area contributed by atoms with Gasteiger partial charge in [0.1, 0.15) is 5.54 Å². The first-order valence-corrected chi connectivity index (χ1v) is 7.03. The summed E-state index contributed by atoms with van der Waals surface area (Å²) < 4.78 is 0. The maximum atomic E-state index is 9.34. The van der Waals surface area contributed by atoms with Gasteiger partial charge in [0.25, 0.3) is 0 Å². The van der Waals surface area contributed by atoms with Gasteiger partial charge in [0, 0.05) is 11.9 Å². The monoisotopic (exact) mass is 269 g/mol. The van der Waals surface area contributed by atoms with Crippen molar-refractivity contribution in [3.8, 4) is 6.07 Å². The van der Waals surface area contributed by atoms with Crippen LogP contribution in [0.1, 0.15) is 12.0 Å². The van der Waals surface area contributed by atoms with Gasteiger partial charge in [0.2, 0.25) is 0 Å². The molecule has 1 heterocycles. The molecular weight excluding hydrogens is 254 g/mol. The molecule has 0 aliphatic heterocycles. The molecule has 1 aromatic heterocycles. The fourth-order valence-corrected chi connectivity index (χ4v) is 2.69. The molecule has 96 valence electrons. The van der Waals surface area contributed by atoms with Crippen LogP contribution in [0.4, 0.5) is 0 Å². The molecule has 2 rings (SSSR count). The molecule has 2 aromatic rings. The van der Waals surface area contributed by atoms with E-state index in [0.29, 0.717) is 6.42 Å². The normalized spacial score (nSPS) is 13.5. The number of hydrogen-bond acceptors (Lipinski definition) is 4. The number of nitriles is 1. The summed E-state index contributed by atoms with van der Waals surface area (Å²) >= 11 is 1.62. The molecule has 0 spiro atoms. The van der Waals surface area contributed by atoms with Crippen LogP contribution in [0.5, 0.6) is 0 Å². The Kier molecular flexibility index (Phi) is 4.56. The van der Waals surface area contributed by atoms with Crippen molar-refractivity contribution in [2.75, 3.05) is 5.75 Å². The zero-order chi connectivity index (χ0) is 13.6. The van der Waals surface area contributed by atoms with E-state index >= 15 is 0 Å². The summed E-state index contributed by atoms with van der Waals surface area (Å²) in [5, 5.41) is 10.3. The third-order valence-electron chi connectivity index (χ3n) is 2.87. The second-order valence-electron chi connectivity index (χ2n) is 4.22. The van der Waals surface area contributed by atoms with Crippen molar-refractivity contribution in [1.82, 2.24) is 4.98 Å². The van der Waals surface area contributed by atoms with E-state index in [-0.39, 0.29) is 0 Å². The molecule has 0 amide bonds. The van der Waals surface area contributed by atoms with Crippen LogP contribution in [0.3, 0.4) is 0 Å². The predicted molar refractivity (Wildman–Crippen MR) is 77.5 cm³/mol. The highest BCUT2D eigenvalue weighted by atomic mass is 32.2. The van der Waals surface area contributed by atoms with Crippen LogP contribution >= 0.6 is 11.8 Å². The van der Waals surface area contributed by atoms with Gasteiger partial charge in [-0.15, -0.1) is 11.8 Å². The fraction of sp³-hybridized carbons (Fsp3) is 0.200. The van der Waals surface area contributed by atoms with Crippen LogP contribution in [0.2, 0.25) is 0 Å². The van der Waals surface area contributed by atoms with E-state index in [1.165, 1.54) is 0 Å². The van der Waals surface area contributed by atoms with Gasteiger partial charge in [-0.25, -0.2) is 4.98 Å². The molecule has 0 fully saturated rings. The first kappa shape index (κ1) is 13.6. The zero-order valence-electron chi connectivity index (χ0n) is 10.5. The van der Waals surface area contributed by atoms with E-state index < -0.39 is 5.54 Å². The minimum atomic E-state index is -0.928. The molecule has 0 bridgehead atoms. The van der Waals surface area contributed by atoms with Gasteiger partial charge >= 0.3 is 0 Å². The molecule has 0 aliphatic carbocycles. The van der Waals surface area contributed by atoms with Crippen LogP contribution in [-0.2, 0) is 5.54 Å². The van der Waals surface area contributed by atoms with Crippen molar-refractivity contribution in [1.29, 1.82) is 5.26 Å². The topological polar surface area (TPSA) is 62.7 Å². The van der Waals surface area contributed by atoms with Gasteiger partial charge in [-0.1, -0.05) is 36.4 Å². The first-order chi connectivity index (χ1) is 9.24. The summed E-state index contributed by atoms with van der Waals surface area (Å²) in [6.45, 7) is 0. The van der Waals surface area contributed by atoms with Gasteiger partial charge < -0.3 is 5.73 Å².